The second-order valence-electron chi connectivity index (χ2n) is 5.68. The molecule has 0 bridgehead atoms. The maximum absolute atomic E-state index is 10.5. The van der Waals surface area contributed by atoms with E-state index in [4.69, 9.17) is 0 Å². The van der Waals surface area contributed by atoms with Gasteiger partial charge < -0.3 is 9.67 Å². The third kappa shape index (κ3) is 4.28. The molecule has 1 unspecified atom stereocenters. The summed E-state index contributed by atoms with van der Waals surface area (Å²) in [5, 5.41) is 14.5. The molecule has 0 amide bonds. The molecule has 120 valence electrons. The molecule has 23 heavy (non-hydrogen) atoms. The average molecular weight is 327 g/mol. The standard InChI is InChI=1S/C18H21N3OS/c1-20-9-8-19-18(20)13-21(11-15-5-3-2-4-6-15)12-17(22)16-7-10-23-14-16/h2-10,14,17,22H,11-13H2,1H3. The molecule has 0 aliphatic heterocycles. The van der Waals surface area contributed by atoms with Gasteiger partial charge in [0.1, 0.15) is 5.82 Å². The van der Waals surface area contributed by atoms with Crippen molar-refractivity contribution in [3.8, 4) is 0 Å². The molecule has 0 aliphatic carbocycles. The van der Waals surface area contributed by atoms with Crippen molar-refractivity contribution in [3.05, 3.63) is 76.5 Å². The number of aliphatic hydroxyl groups is 1. The summed E-state index contributed by atoms with van der Waals surface area (Å²) < 4.78 is 2.02. The van der Waals surface area contributed by atoms with E-state index < -0.39 is 6.10 Å². The Hall–Kier alpha value is -1.95. The van der Waals surface area contributed by atoms with Gasteiger partial charge in [-0.25, -0.2) is 4.98 Å². The average Bonchev–Trinajstić information content (AvgIpc) is 3.21. The molecule has 1 aromatic carbocycles. The van der Waals surface area contributed by atoms with Gasteiger partial charge >= 0.3 is 0 Å². The fourth-order valence-corrected chi connectivity index (χ4v) is 3.30. The van der Waals surface area contributed by atoms with Crippen molar-refractivity contribution in [1.29, 1.82) is 0 Å². The fraction of sp³-hybridized carbons (Fsp3) is 0.278. The number of imidazole rings is 1. The SMILES string of the molecule is Cn1ccnc1CN(Cc1ccccc1)CC(O)c1ccsc1. The highest BCUT2D eigenvalue weighted by atomic mass is 32.1. The van der Waals surface area contributed by atoms with Gasteiger partial charge in [-0.15, -0.1) is 0 Å². The summed E-state index contributed by atoms with van der Waals surface area (Å²) in [6, 6.07) is 12.3. The predicted molar refractivity (Wildman–Crippen MR) is 93.0 cm³/mol. The van der Waals surface area contributed by atoms with Crippen LogP contribution in [-0.2, 0) is 20.1 Å². The van der Waals surface area contributed by atoms with Crippen LogP contribution in [0.5, 0.6) is 0 Å². The van der Waals surface area contributed by atoms with Gasteiger partial charge in [-0.2, -0.15) is 11.3 Å². The van der Waals surface area contributed by atoms with Crippen LogP contribution in [0.15, 0.2) is 59.6 Å². The minimum atomic E-state index is -0.481. The Morgan fingerprint density at radius 1 is 1.22 bits per heavy atom. The zero-order valence-corrected chi connectivity index (χ0v) is 14.0. The fourth-order valence-electron chi connectivity index (χ4n) is 2.59. The highest BCUT2D eigenvalue weighted by Gasteiger charge is 2.16. The summed E-state index contributed by atoms with van der Waals surface area (Å²) in [5.74, 6) is 0.999. The first-order valence-corrected chi connectivity index (χ1v) is 8.59. The Balaban J connectivity index is 1.74. The largest absolute Gasteiger partial charge is 0.387 e. The zero-order chi connectivity index (χ0) is 16.1. The van der Waals surface area contributed by atoms with E-state index in [2.05, 4.69) is 22.0 Å². The van der Waals surface area contributed by atoms with Gasteiger partial charge in [-0.05, 0) is 28.0 Å². The van der Waals surface area contributed by atoms with Gasteiger partial charge in [0.15, 0.2) is 0 Å². The normalized spacial score (nSPS) is 12.7. The van der Waals surface area contributed by atoms with Crippen molar-refractivity contribution in [2.45, 2.75) is 19.2 Å². The Labute approximate surface area is 140 Å². The molecular weight excluding hydrogens is 306 g/mol. The lowest BCUT2D eigenvalue weighted by Crippen LogP contribution is -2.29. The summed E-state index contributed by atoms with van der Waals surface area (Å²) in [5.41, 5.74) is 2.21. The minimum Gasteiger partial charge on any atom is -0.387 e. The number of aromatic nitrogens is 2. The molecule has 0 fully saturated rings. The Morgan fingerprint density at radius 2 is 2.04 bits per heavy atom. The monoisotopic (exact) mass is 327 g/mol. The lowest BCUT2D eigenvalue weighted by molar-refractivity contribution is 0.103. The first-order valence-electron chi connectivity index (χ1n) is 7.65. The van der Waals surface area contributed by atoms with Gasteiger partial charge in [0, 0.05) is 32.5 Å². The molecule has 3 aromatic rings. The highest BCUT2D eigenvalue weighted by Crippen LogP contribution is 2.19. The second kappa shape index (κ2) is 7.55. The van der Waals surface area contributed by atoms with Crippen LogP contribution in [0.2, 0.25) is 0 Å². The van der Waals surface area contributed by atoms with E-state index in [0.29, 0.717) is 13.1 Å². The summed E-state index contributed by atoms with van der Waals surface area (Å²) in [6.07, 6.45) is 3.28. The summed E-state index contributed by atoms with van der Waals surface area (Å²) in [4.78, 5) is 6.65. The Bertz CT molecular complexity index is 709. The third-order valence-corrected chi connectivity index (χ3v) is 4.60. The van der Waals surface area contributed by atoms with Crippen LogP contribution >= 0.6 is 11.3 Å². The molecule has 0 spiro atoms. The van der Waals surface area contributed by atoms with E-state index in [-0.39, 0.29) is 0 Å². The quantitative estimate of drug-likeness (QED) is 0.724. The molecule has 5 heteroatoms. The number of aryl methyl sites for hydroxylation is 1. The molecule has 1 N–H and O–H groups in total. The molecular formula is C18H21N3OS. The van der Waals surface area contributed by atoms with Crippen LogP contribution in [0.25, 0.3) is 0 Å². The summed E-state index contributed by atoms with van der Waals surface area (Å²) in [7, 11) is 2.00. The summed E-state index contributed by atoms with van der Waals surface area (Å²) >= 11 is 1.61. The van der Waals surface area contributed by atoms with Crippen molar-refractivity contribution in [1.82, 2.24) is 14.5 Å². The van der Waals surface area contributed by atoms with E-state index in [9.17, 15) is 5.11 Å². The first kappa shape index (κ1) is 15.9. The number of aliphatic hydroxyl groups excluding tert-OH is 1. The Kier molecular flexibility index (Phi) is 5.23. The van der Waals surface area contributed by atoms with Crippen molar-refractivity contribution >= 4 is 11.3 Å². The summed E-state index contributed by atoms with van der Waals surface area (Å²) in [6.45, 7) is 2.08. The maximum atomic E-state index is 10.5. The van der Waals surface area contributed by atoms with Crippen LogP contribution in [0.4, 0.5) is 0 Å². The third-order valence-electron chi connectivity index (χ3n) is 3.89. The number of nitrogens with zero attached hydrogens (tertiary/aromatic N) is 3. The van der Waals surface area contributed by atoms with Crippen LogP contribution in [-0.4, -0.2) is 26.1 Å². The number of rotatable bonds is 7. The van der Waals surface area contributed by atoms with E-state index in [0.717, 1.165) is 17.9 Å². The van der Waals surface area contributed by atoms with Crippen LogP contribution in [0, 0.1) is 0 Å². The van der Waals surface area contributed by atoms with E-state index in [1.54, 1.807) is 11.3 Å². The van der Waals surface area contributed by atoms with E-state index in [1.807, 2.05) is 59.0 Å². The number of thiophene rings is 1. The molecule has 3 rings (SSSR count). The molecule has 0 saturated carbocycles. The van der Waals surface area contributed by atoms with Crippen LogP contribution < -0.4 is 0 Å². The smallest absolute Gasteiger partial charge is 0.122 e. The number of hydrogen-bond donors (Lipinski definition) is 1. The number of hydrogen-bond acceptors (Lipinski definition) is 4. The molecule has 0 aliphatic rings. The highest BCUT2D eigenvalue weighted by molar-refractivity contribution is 7.07. The van der Waals surface area contributed by atoms with Crippen molar-refractivity contribution in [3.63, 3.8) is 0 Å². The van der Waals surface area contributed by atoms with Gasteiger partial charge in [0.2, 0.25) is 0 Å². The van der Waals surface area contributed by atoms with Crippen molar-refractivity contribution < 1.29 is 5.11 Å². The molecule has 1 atom stereocenters. The zero-order valence-electron chi connectivity index (χ0n) is 13.2. The van der Waals surface area contributed by atoms with Crippen molar-refractivity contribution in [2.75, 3.05) is 6.54 Å². The van der Waals surface area contributed by atoms with E-state index >= 15 is 0 Å². The van der Waals surface area contributed by atoms with Gasteiger partial charge in [0.05, 0.1) is 12.6 Å². The van der Waals surface area contributed by atoms with Crippen molar-refractivity contribution in [2.24, 2.45) is 7.05 Å². The Morgan fingerprint density at radius 3 is 2.70 bits per heavy atom. The lowest BCUT2D eigenvalue weighted by Gasteiger charge is -2.24. The van der Waals surface area contributed by atoms with Crippen LogP contribution in [0.3, 0.4) is 0 Å². The van der Waals surface area contributed by atoms with E-state index in [1.165, 1.54) is 5.56 Å². The minimum absolute atomic E-state index is 0.481. The first-order chi connectivity index (χ1) is 11.2. The second-order valence-corrected chi connectivity index (χ2v) is 6.46. The lowest BCUT2D eigenvalue weighted by atomic mass is 10.1. The molecule has 4 nitrogen and oxygen atoms in total. The maximum Gasteiger partial charge on any atom is 0.122 e. The predicted octanol–water partition coefficient (Wildman–Crippen LogP) is 3.22. The van der Waals surface area contributed by atoms with Crippen LogP contribution in [0.1, 0.15) is 23.1 Å². The molecule has 2 aromatic heterocycles. The topological polar surface area (TPSA) is 41.3 Å². The van der Waals surface area contributed by atoms with Gasteiger partial charge in [-0.3, -0.25) is 4.90 Å². The number of benzene rings is 1. The molecule has 0 radical (unpaired) electrons. The molecule has 2 heterocycles. The van der Waals surface area contributed by atoms with Gasteiger partial charge in [-0.1, -0.05) is 30.3 Å². The van der Waals surface area contributed by atoms with Gasteiger partial charge in [0.25, 0.3) is 0 Å². The molecule has 0 saturated heterocycles.